The molecule has 1 aliphatic heterocycles. The van der Waals surface area contributed by atoms with Gasteiger partial charge in [-0.05, 0) is 33.8 Å². The van der Waals surface area contributed by atoms with Gasteiger partial charge in [-0.15, -0.1) is 0 Å². The molecule has 168 valence electrons. The van der Waals surface area contributed by atoms with E-state index in [0.29, 0.717) is 5.75 Å². The summed E-state index contributed by atoms with van der Waals surface area (Å²) in [6.07, 6.45) is 3.57. The topological polar surface area (TPSA) is 71.3 Å². The van der Waals surface area contributed by atoms with Crippen LogP contribution in [0.4, 0.5) is 0 Å². The van der Waals surface area contributed by atoms with E-state index in [-0.39, 0.29) is 0 Å². The van der Waals surface area contributed by atoms with Gasteiger partial charge >= 0.3 is 7.12 Å². The van der Waals surface area contributed by atoms with Crippen molar-refractivity contribution < 1.29 is 14.0 Å². The van der Waals surface area contributed by atoms with Crippen LogP contribution in [-0.4, -0.2) is 45.2 Å². The van der Waals surface area contributed by atoms with Crippen LogP contribution in [0.25, 0.3) is 33.4 Å². The van der Waals surface area contributed by atoms with E-state index in [4.69, 9.17) is 19.1 Å². The van der Waals surface area contributed by atoms with Crippen molar-refractivity contribution in [1.82, 2.24) is 19.7 Å². The first-order chi connectivity index (χ1) is 15.7. The molecule has 0 N–H and O–H groups in total. The number of methoxy groups -OCH3 is 1. The van der Waals surface area contributed by atoms with Crippen LogP contribution in [-0.2, 0) is 16.4 Å². The van der Waals surface area contributed by atoms with E-state index >= 15 is 0 Å². The fourth-order valence-electron chi connectivity index (χ4n) is 4.12. The van der Waals surface area contributed by atoms with Gasteiger partial charge < -0.3 is 14.0 Å². The molecule has 2 aromatic carbocycles. The maximum Gasteiger partial charge on any atom is 0.498 e. The second-order valence-electron chi connectivity index (χ2n) is 9.35. The third-order valence-electron chi connectivity index (χ3n) is 6.63. The van der Waals surface area contributed by atoms with Crippen LogP contribution in [0.15, 0.2) is 55.0 Å². The van der Waals surface area contributed by atoms with Crippen LogP contribution >= 0.6 is 0 Å². The number of fused-ring (bicyclic) bond motifs is 1. The third kappa shape index (κ3) is 3.59. The Kier molecular flexibility index (Phi) is 5.03. The Labute approximate surface area is 193 Å². The van der Waals surface area contributed by atoms with E-state index in [1.807, 2.05) is 88.1 Å². The van der Waals surface area contributed by atoms with E-state index in [2.05, 4.69) is 9.97 Å². The minimum atomic E-state index is -0.565. The number of aromatic nitrogens is 4. The molecule has 0 radical (unpaired) electrons. The summed E-state index contributed by atoms with van der Waals surface area (Å²) in [6, 6.07) is 14.0. The molecule has 3 heterocycles. The predicted molar refractivity (Wildman–Crippen MR) is 129 cm³/mol. The normalized spacial score (nSPS) is 17.0. The van der Waals surface area contributed by atoms with Crippen LogP contribution in [0, 0.1) is 0 Å². The van der Waals surface area contributed by atoms with Gasteiger partial charge in [-0.2, -0.15) is 5.10 Å². The Bertz CT molecular complexity index is 1320. The lowest BCUT2D eigenvalue weighted by Crippen LogP contribution is -2.41. The van der Waals surface area contributed by atoms with Crippen LogP contribution in [0.5, 0.6) is 5.75 Å². The van der Waals surface area contributed by atoms with Gasteiger partial charge in [0.15, 0.2) is 0 Å². The Balaban J connectivity index is 1.70. The molecule has 4 aromatic rings. The van der Waals surface area contributed by atoms with Crippen LogP contribution < -0.4 is 10.2 Å². The molecule has 2 aromatic heterocycles. The van der Waals surface area contributed by atoms with Gasteiger partial charge in [-0.1, -0.05) is 30.3 Å². The van der Waals surface area contributed by atoms with Crippen molar-refractivity contribution >= 4 is 23.5 Å². The van der Waals surface area contributed by atoms with E-state index in [0.717, 1.165) is 38.9 Å². The largest absolute Gasteiger partial charge is 0.498 e. The van der Waals surface area contributed by atoms with Crippen LogP contribution in [0.3, 0.4) is 0 Å². The van der Waals surface area contributed by atoms with Crippen molar-refractivity contribution in [2.45, 2.75) is 38.9 Å². The number of ether oxygens (including phenoxy) is 1. The highest BCUT2D eigenvalue weighted by molar-refractivity contribution is 6.63. The fraction of sp³-hybridized carbons (Fsp3) is 0.320. The molecule has 8 heteroatoms. The zero-order chi connectivity index (χ0) is 23.4. The highest BCUT2D eigenvalue weighted by atomic mass is 16.7. The van der Waals surface area contributed by atoms with Crippen molar-refractivity contribution in [3.63, 3.8) is 0 Å². The molecule has 1 fully saturated rings. The van der Waals surface area contributed by atoms with Gasteiger partial charge in [0.25, 0.3) is 0 Å². The number of nitrogens with zero attached hydrogens (tertiary/aromatic N) is 4. The summed E-state index contributed by atoms with van der Waals surface area (Å²) in [5, 5.41) is 5.60. The summed E-state index contributed by atoms with van der Waals surface area (Å²) in [7, 11) is 3.00. The molecule has 0 amide bonds. The van der Waals surface area contributed by atoms with Gasteiger partial charge in [-0.3, -0.25) is 4.68 Å². The smallest absolute Gasteiger partial charge is 0.497 e. The third-order valence-corrected chi connectivity index (χ3v) is 6.63. The highest BCUT2D eigenvalue weighted by Gasteiger charge is 2.52. The zero-order valence-electron chi connectivity index (χ0n) is 19.8. The first-order valence-corrected chi connectivity index (χ1v) is 11.0. The predicted octanol–water partition coefficient (Wildman–Crippen LogP) is 4.01. The lowest BCUT2D eigenvalue weighted by molar-refractivity contribution is 0.00578. The summed E-state index contributed by atoms with van der Waals surface area (Å²) in [5.41, 5.74) is 4.29. The lowest BCUT2D eigenvalue weighted by Gasteiger charge is -2.32. The molecule has 5 rings (SSSR count). The summed E-state index contributed by atoms with van der Waals surface area (Å²) < 4.78 is 20.2. The molecule has 0 unspecified atom stereocenters. The molecule has 1 saturated heterocycles. The Hall–Kier alpha value is -3.23. The molecule has 0 bridgehead atoms. The van der Waals surface area contributed by atoms with Gasteiger partial charge in [-0.25, -0.2) is 9.97 Å². The van der Waals surface area contributed by atoms with Crippen molar-refractivity contribution in [2.75, 3.05) is 7.11 Å². The molecule has 0 atom stereocenters. The second kappa shape index (κ2) is 7.68. The van der Waals surface area contributed by atoms with Crippen molar-refractivity contribution in [3.05, 3.63) is 55.0 Å². The average molecular weight is 442 g/mol. The second-order valence-corrected chi connectivity index (χ2v) is 9.35. The van der Waals surface area contributed by atoms with Gasteiger partial charge in [0.05, 0.1) is 29.5 Å². The first-order valence-electron chi connectivity index (χ1n) is 11.0. The molecule has 0 aliphatic carbocycles. The van der Waals surface area contributed by atoms with E-state index in [9.17, 15) is 0 Å². The summed E-state index contributed by atoms with van der Waals surface area (Å²) in [5.74, 6) is 0.667. The summed E-state index contributed by atoms with van der Waals surface area (Å²) in [4.78, 5) is 9.18. The standard InChI is InChI=1S/C25H27BN4O3/c1-24(2)25(3,4)33-26(32-24)19-12-17-20(13-21(19)31-6)27-15-28-23(17)18-14-30(5)29-22(18)16-10-8-7-9-11-16/h7-15H,1-6H3. The van der Waals surface area contributed by atoms with Crippen molar-refractivity contribution in [3.8, 4) is 28.3 Å². The van der Waals surface area contributed by atoms with Gasteiger partial charge in [0.2, 0.25) is 0 Å². The summed E-state index contributed by atoms with van der Waals surface area (Å²) in [6.45, 7) is 8.15. The van der Waals surface area contributed by atoms with Crippen molar-refractivity contribution in [1.29, 1.82) is 0 Å². The number of hydrogen-bond donors (Lipinski definition) is 0. The molecule has 0 spiro atoms. The maximum atomic E-state index is 6.32. The van der Waals surface area contributed by atoms with Gasteiger partial charge in [0.1, 0.15) is 17.8 Å². The number of hydrogen-bond acceptors (Lipinski definition) is 6. The number of aryl methyl sites for hydroxylation is 1. The Morgan fingerprint density at radius 1 is 0.939 bits per heavy atom. The minimum Gasteiger partial charge on any atom is -0.497 e. The van der Waals surface area contributed by atoms with Crippen LogP contribution in [0.2, 0.25) is 0 Å². The quantitative estimate of drug-likeness (QED) is 0.445. The molecule has 33 heavy (non-hydrogen) atoms. The van der Waals surface area contributed by atoms with Crippen LogP contribution in [0.1, 0.15) is 27.7 Å². The van der Waals surface area contributed by atoms with E-state index in [1.165, 1.54) is 0 Å². The highest BCUT2D eigenvalue weighted by Crippen LogP contribution is 2.38. The van der Waals surface area contributed by atoms with E-state index < -0.39 is 18.3 Å². The minimum absolute atomic E-state index is 0.461. The maximum absolute atomic E-state index is 6.32. The van der Waals surface area contributed by atoms with Crippen molar-refractivity contribution in [2.24, 2.45) is 7.05 Å². The van der Waals surface area contributed by atoms with Gasteiger partial charge in [0, 0.05) is 41.3 Å². The fourth-order valence-corrected chi connectivity index (χ4v) is 4.12. The Morgan fingerprint density at radius 2 is 1.64 bits per heavy atom. The molecule has 0 saturated carbocycles. The number of rotatable bonds is 4. The monoisotopic (exact) mass is 442 g/mol. The van der Waals surface area contributed by atoms with E-state index in [1.54, 1.807) is 13.4 Å². The molecular formula is C25H27BN4O3. The average Bonchev–Trinajstić information content (AvgIpc) is 3.28. The SMILES string of the molecule is COc1cc2ncnc(-c3cn(C)nc3-c3ccccc3)c2cc1B1OC(C)(C)C(C)(C)O1. The summed E-state index contributed by atoms with van der Waals surface area (Å²) >= 11 is 0. The molecule has 7 nitrogen and oxygen atoms in total. The molecule has 1 aliphatic rings. The zero-order valence-corrected chi connectivity index (χ0v) is 19.8. The Morgan fingerprint density at radius 3 is 2.30 bits per heavy atom. The first kappa shape index (κ1) is 21.6. The number of benzene rings is 2. The lowest BCUT2D eigenvalue weighted by atomic mass is 9.77. The molecular weight excluding hydrogens is 415 g/mol.